The van der Waals surface area contributed by atoms with Crippen LogP contribution in [0.2, 0.25) is 0 Å². The van der Waals surface area contributed by atoms with Crippen molar-refractivity contribution in [1.29, 1.82) is 0 Å². The van der Waals surface area contributed by atoms with E-state index in [0.717, 1.165) is 17.7 Å². The van der Waals surface area contributed by atoms with E-state index < -0.39 is 6.04 Å². The van der Waals surface area contributed by atoms with Gasteiger partial charge in [0.25, 0.3) is 0 Å². The molecule has 0 heterocycles. The molecule has 3 N–H and O–H groups in total. The van der Waals surface area contributed by atoms with Gasteiger partial charge in [-0.1, -0.05) is 19.1 Å². The molecule has 0 bridgehead atoms. The largest absolute Gasteiger partial charge is 0.494 e. The molecule has 5 heteroatoms. The molecule has 0 saturated carbocycles. The summed E-state index contributed by atoms with van der Waals surface area (Å²) in [5.74, 6) is 0.621. The molecule has 0 saturated heterocycles. The van der Waals surface area contributed by atoms with Crippen molar-refractivity contribution >= 4 is 5.91 Å². The Labute approximate surface area is 120 Å². The zero-order valence-corrected chi connectivity index (χ0v) is 12.4. The van der Waals surface area contributed by atoms with Crippen LogP contribution >= 0.6 is 0 Å². The Hall–Kier alpha value is -1.59. The SMILES string of the molecule is CCCOc1ccc(C(C)NC(=O)C(N)COC)cc1. The molecule has 112 valence electrons. The summed E-state index contributed by atoms with van der Waals surface area (Å²) in [4.78, 5) is 11.8. The fraction of sp³-hybridized carbons (Fsp3) is 0.533. The number of hydrogen-bond donors (Lipinski definition) is 2. The van der Waals surface area contributed by atoms with Gasteiger partial charge in [0.1, 0.15) is 11.8 Å². The standard InChI is InChI=1S/C15H24N2O3/c1-4-9-20-13-7-5-12(6-8-13)11(2)17-15(18)14(16)10-19-3/h5-8,11,14H,4,9-10,16H2,1-3H3,(H,17,18). The monoisotopic (exact) mass is 280 g/mol. The maximum atomic E-state index is 11.8. The predicted octanol–water partition coefficient (Wildman–Crippen LogP) is 1.63. The van der Waals surface area contributed by atoms with Gasteiger partial charge in [0.2, 0.25) is 5.91 Å². The van der Waals surface area contributed by atoms with Crippen molar-refractivity contribution < 1.29 is 14.3 Å². The van der Waals surface area contributed by atoms with Gasteiger partial charge in [-0.05, 0) is 31.0 Å². The highest BCUT2D eigenvalue weighted by Gasteiger charge is 2.16. The summed E-state index contributed by atoms with van der Waals surface area (Å²) >= 11 is 0. The number of methoxy groups -OCH3 is 1. The van der Waals surface area contributed by atoms with E-state index in [2.05, 4.69) is 12.2 Å². The van der Waals surface area contributed by atoms with E-state index in [-0.39, 0.29) is 18.6 Å². The second kappa shape index (κ2) is 8.55. The molecule has 2 unspecified atom stereocenters. The number of amides is 1. The maximum Gasteiger partial charge on any atom is 0.239 e. The zero-order chi connectivity index (χ0) is 15.0. The zero-order valence-electron chi connectivity index (χ0n) is 12.4. The molecule has 0 aliphatic rings. The average Bonchev–Trinajstić information content (AvgIpc) is 2.45. The number of hydrogen-bond acceptors (Lipinski definition) is 4. The molecule has 2 atom stereocenters. The van der Waals surface area contributed by atoms with Crippen molar-refractivity contribution in [2.24, 2.45) is 5.73 Å². The van der Waals surface area contributed by atoms with Crippen LogP contribution in [0.3, 0.4) is 0 Å². The van der Waals surface area contributed by atoms with Crippen molar-refractivity contribution in [3.05, 3.63) is 29.8 Å². The van der Waals surface area contributed by atoms with Gasteiger partial charge in [-0.15, -0.1) is 0 Å². The fourth-order valence-corrected chi connectivity index (χ4v) is 1.73. The third-order valence-corrected chi connectivity index (χ3v) is 2.89. The number of nitrogens with one attached hydrogen (secondary N) is 1. The topological polar surface area (TPSA) is 73.6 Å². The quantitative estimate of drug-likeness (QED) is 0.759. The van der Waals surface area contributed by atoms with Crippen LogP contribution < -0.4 is 15.8 Å². The van der Waals surface area contributed by atoms with E-state index in [4.69, 9.17) is 15.2 Å². The Morgan fingerprint density at radius 1 is 1.35 bits per heavy atom. The van der Waals surface area contributed by atoms with Gasteiger partial charge in [-0.25, -0.2) is 0 Å². The van der Waals surface area contributed by atoms with E-state index in [9.17, 15) is 4.79 Å². The molecule has 1 rings (SSSR count). The molecule has 0 aromatic heterocycles. The molecular weight excluding hydrogens is 256 g/mol. The van der Waals surface area contributed by atoms with Crippen LogP contribution in [0.1, 0.15) is 31.9 Å². The first-order valence-electron chi connectivity index (χ1n) is 6.86. The molecule has 0 aliphatic carbocycles. The minimum atomic E-state index is -0.644. The Bertz CT molecular complexity index is 406. The van der Waals surface area contributed by atoms with E-state index in [1.54, 1.807) is 0 Å². The Morgan fingerprint density at radius 3 is 2.55 bits per heavy atom. The summed E-state index contributed by atoms with van der Waals surface area (Å²) < 4.78 is 10.4. The molecule has 0 fully saturated rings. The summed E-state index contributed by atoms with van der Waals surface area (Å²) in [6.07, 6.45) is 0.978. The summed E-state index contributed by atoms with van der Waals surface area (Å²) in [7, 11) is 1.52. The predicted molar refractivity (Wildman–Crippen MR) is 78.6 cm³/mol. The molecule has 0 aliphatic heterocycles. The number of carbonyl (C=O) groups excluding carboxylic acids is 1. The van der Waals surface area contributed by atoms with Crippen LogP contribution in [0, 0.1) is 0 Å². The Morgan fingerprint density at radius 2 is 2.00 bits per heavy atom. The van der Waals surface area contributed by atoms with E-state index >= 15 is 0 Å². The van der Waals surface area contributed by atoms with Crippen LogP contribution in [-0.2, 0) is 9.53 Å². The first-order valence-corrected chi connectivity index (χ1v) is 6.86. The molecule has 20 heavy (non-hydrogen) atoms. The third kappa shape index (κ3) is 5.19. The lowest BCUT2D eigenvalue weighted by atomic mass is 10.1. The van der Waals surface area contributed by atoms with Crippen LogP contribution in [0.25, 0.3) is 0 Å². The second-order valence-corrected chi connectivity index (χ2v) is 4.71. The van der Waals surface area contributed by atoms with Gasteiger partial charge in [0, 0.05) is 7.11 Å². The molecule has 1 amide bonds. The van der Waals surface area contributed by atoms with Crippen LogP contribution in [0.5, 0.6) is 5.75 Å². The lowest BCUT2D eigenvalue weighted by Gasteiger charge is -2.17. The molecule has 1 aromatic carbocycles. The highest BCUT2D eigenvalue weighted by atomic mass is 16.5. The van der Waals surface area contributed by atoms with Crippen molar-refractivity contribution in [2.45, 2.75) is 32.4 Å². The van der Waals surface area contributed by atoms with Crippen molar-refractivity contribution in [3.8, 4) is 5.75 Å². The average molecular weight is 280 g/mol. The number of nitrogens with two attached hydrogens (primary N) is 1. The summed E-state index contributed by atoms with van der Waals surface area (Å²) in [6.45, 7) is 4.90. The van der Waals surface area contributed by atoms with E-state index in [1.165, 1.54) is 7.11 Å². The Kier molecular flexibility index (Phi) is 7.04. The number of benzene rings is 1. The van der Waals surface area contributed by atoms with Gasteiger partial charge < -0.3 is 20.5 Å². The molecule has 1 aromatic rings. The molecule has 0 radical (unpaired) electrons. The second-order valence-electron chi connectivity index (χ2n) is 4.71. The minimum Gasteiger partial charge on any atom is -0.494 e. The number of rotatable bonds is 8. The smallest absolute Gasteiger partial charge is 0.239 e. The fourth-order valence-electron chi connectivity index (χ4n) is 1.73. The maximum absolute atomic E-state index is 11.8. The summed E-state index contributed by atoms with van der Waals surface area (Å²) in [5.41, 5.74) is 6.68. The van der Waals surface area contributed by atoms with Gasteiger partial charge >= 0.3 is 0 Å². The molecule has 5 nitrogen and oxygen atoms in total. The van der Waals surface area contributed by atoms with Crippen LogP contribution in [-0.4, -0.2) is 32.3 Å². The Balaban J connectivity index is 2.54. The molecule has 0 spiro atoms. The highest BCUT2D eigenvalue weighted by Crippen LogP contribution is 2.17. The van der Waals surface area contributed by atoms with Crippen LogP contribution in [0.15, 0.2) is 24.3 Å². The summed E-state index contributed by atoms with van der Waals surface area (Å²) in [5, 5.41) is 2.86. The van der Waals surface area contributed by atoms with Gasteiger partial charge in [0.05, 0.1) is 19.3 Å². The molecular formula is C15H24N2O3. The summed E-state index contributed by atoms with van der Waals surface area (Å²) in [6, 6.07) is 6.95. The number of carbonyl (C=O) groups is 1. The normalized spacial score (nSPS) is 13.6. The van der Waals surface area contributed by atoms with Crippen molar-refractivity contribution in [1.82, 2.24) is 5.32 Å². The van der Waals surface area contributed by atoms with Gasteiger partial charge in [0.15, 0.2) is 0 Å². The first kappa shape index (κ1) is 16.5. The first-order chi connectivity index (χ1) is 9.58. The van der Waals surface area contributed by atoms with E-state index in [0.29, 0.717) is 6.61 Å². The van der Waals surface area contributed by atoms with Gasteiger partial charge in [-0.3, -0.25) is 4.79 Å². The highest BCUT2D eigenvalue weighted by molar-refractivity contribution is 5.82. The number of ether oxygens (including phenoxy) is 2. The van der Waals surface area contributed by atoms with Crippen LogP contribution in [0.4, 0.5) is 0 Å². The van der Waals surface area contributed by atoms with Crippen molar-refractivity contribution in [3.63, 3.8) is 0 Å². The lowest BCUT2D eigenvalue weighted by molar-refractivity contribution is -0.124. The third-order valence-electron chi connectivity index (χ3n) is 2.89. The minimum absolute atomic E-state index is 0.106. The van der Waals surface area contributed by atoms with Crippen molar-refractivity contribution in [2.75, 3.05) is 20.3 Å². The van der Waals surface area contributed by atoms with E-state index in [1.807, 2.05) is 31.2 Å². The lowest BCUT2D eigenvalue weighted by Crippen LogP contribution is -2.44. The van der Waals surface area contributed by atoms with Gasteiger partial charge in [-0.2, -0.15) is 0 Å².